The minimum atomic E-state index is -6.00. The third kappa shape index (κ3) is 29.9. The Morgan fingerprint density at radius 1 is 0.500 bits per heavy atom. The van der Waals surface area contributed by atoms with E-state index < -0.39 is 14.5 Å². The highest BCUT2D eigenvalue weighted by molar-refractivity contribution is 6.50. The van der Waals surface area contributed by atoms with E-state index in [0.717, 1.165) is 0 Å². The van der Waals surface area contributed by atoms with Crippen molar-refractivity contribution < 1.29 is 45.2 Å². The largest absolute Gasteiger partial charge is 0.673 e. The predicted octanol–water partition coefficient (Wildman–Crippen LogP) is 3.62. The van der Waals surface area contributed by atoms with E-state index in [1.54, 1.807) is 0 Å². The molecule has 26 heavy (non-hydrogen) atoms. The standard InChI is InChI=1S/2C7H9N.2BF4/c2*1-8-7-5-3-2-4-6-7;2*2-1(3,4)5/h2*2-6,8H,1H3;;/q;;2*-1/p+2. The Balaban J connectivity index is 0. The molecule has 0 spiro atoms. The minimum absolute atomic E-state index is 1.28. The van der Waals surface area contributed by atoms with E-state index in [-0.39, 0.29) is 0 Å². The molecule has 148 valence electrons. The van der Waals surface area contributed by atoms with Crippen LogP contribution in [-0.2, 0) is 0 Å². The van der Waals surface area contributed by atoms with Gasteiger partial charge in [0.25, 0.3) is 0 Å². The van der Waals surface area contributed by atoms with Crippen LogP contribution in [0.2, 0.25) is 0 Å². The van der Waals surface area contributed by atoms with Crippen LogP contribution in [0.4, 0.5) is 45.9 Å². The molecule has 4 N–H and O–H groups in total. The number of halogens is 8. The average molecular weight is 390 g/mol. The number of hydrogen-bond donors (Lipinski definition) is 2. The molecule has 0 fully saturated rings. The molecule has 0 bridgehead atoms. The molecule has 0 aliphatic rings. The first-order valence-electron chi connectivity index (χ1n) is 7.30. The van der Waals surface area contributed by atoms with Gasteiger partial charge in [0.05, 0.1) is 14.1 Å². The monoisotopic (exact) mass is 390 g/mol. The summed E-state index contributed by atoms with van der Waals surface area (Å²) in [7, 11) is -7.93. The Bertz CT molecular complexity index is 487. The lowest BCUT2D eigenvalue weighted by molar-refractivity contribution is -0.539. The van der Waals surface area contributed by atoms with Gasteiger partial charge in [0.15, 0.2) is 0 Å². The maximum absolute atomic E-state index is 9.75. The van der Waals surface area contributed by atoms with Crippen LogP contribution in [0.3, 0.4) is 0 Å². The zero-order valence-electron chi connectivity index (χ0n) is 14.1. The van der Waals surface area contributed by atoms with Crippen molar-refractivity contribution in [3.05, 3.63) is 60.7 Å². The first-order chi connectivity index (χ1) is 11.9. The third-order valence-corrected chi connectivity index (χ3v) is 2.27. The number of quaternary nitrogens is 2. The molecule has 0 unspecified atom stereocenters. The van der Waals surface area contributed by atoms with Gasteiger partial charge in [0.2, 0.25) is 0 Å². The van der Waals surface area contributed by atoms with Crippen LogP contribution in [0.1, 0.15) is 0 Å². The van der Waals surface area contributed by atoms with E-state index in [2.05, 4.69) is 34.9 Å². The van der Waals surface area contributed by atoms with Crippen molar-refractivity contribution in [3.63, 3.8) is 0 Å². The number of rotatable bonds is 2. The molecule has 0 amide bonds. The quantitative estimate of drug-likeness (QED) is 0.447. The van der Waals surface area contributed by atoms with E-state index >= 15 is 0 Å². The molecule has 0 aromatic heterocycles. The Hall–Kier alpha value is -2.07. The fourth-order valence-electron chi connectivity index (χ4n) is 1.29. The number of hydrogen-bond acceptors (Lipinski definition) is 0. The molecule has 12 heteroatoms. The average Bonchev–Trinajstić information content (AvgIpc) is 2.54. The Labute approximate surface area is 146 Å². The van der Waals surface area contributed by atoms with Crippen LogP contribution in [-0.4, -0.2) is 28.6 Å². The lowest BCUT2D eigenvalue weighted by Gasteiger charge is -1.94. The van der Waals surface area contributed by atoms with Crippen molar-refractivity contribution in [3.8, 4) is 0 Å². The predicted molar refractivity (Wildman–Crippen MR) is 88.3 cm³/mol. The van der Waals surface area contributed by atoms with Gasteiger partial charge in [0.1, 0.15) is 11.4 Å². The Kier molecular flexibility index (Phi) is 14.2. The molecule has 2 aromatic rings. The van der Waals surface area contributed by atoms with Crippen molar-refractivity contribution in [2.45, 2.75) is 0 Å². The molecule has 2 rings (SSSR count). The summed E-state index contributed by atoms with van der Waals surface area (Å²) in [4.78, 5) is 0. The van der Waals surface area contributed by atoms with Gasteiger partial charge in [-0.25, -0.2) is 0 Å². The van der Waals surface area contributed by atoms with E-state index in [1.165, 1.54) is 11.4 Å². The van der Waals surface area contributed by atoms with Crippen LogP contribution >= 0.6 is 0 Å². The zero-order chi connectivity index (χ0) is 20.6. The van der Waals surface area contributed by atoms with Gasteiger partial charge in [-0.1, -0.05) is 36.4 Å². The van der Waals surface area contributed by atoms with Gasteiger partial charge in [-0.15, -0.1) is 0 Å². The molecule has 2 aromatic carbocycles. The second kappa shape index (κ2) is 14.1. The summed E-state index contributed by atoms with van der Waals surface area (Å²) in [6, 6.07) is 20.5. The van der Waals surface area contributed by atoms with Gasteiger partial charge in [-0.3, -0.25) is 0 Å². The van der Waals surface area contributed by atoms with Crippen molar-refractivity contribution in [2.24, 2.45) is 0 Å². The lowest BCUT2D eigenvalue weighted by atomic mass is 10.3. The fourth-order valence-corrected chi connectivity index (χ4v) is 1.29. The van der Waals surface area contributed by atoms with Gasteiger partial charge in [-0.05, 0) is 24.3 Å². The van der Waals surface area contributed by atoms with Gasteiger partial charge in [-0.2, -0.15) is 0 Å². The van der Waals surface area contributed by atoms with E-state index in [9.17, 15) is 34.5 Å². The summed E-state index contributed by atoms with van der Waals surface area (Å²) in [6.45, 7) is 0. The topological polar surface area (TPSA) is 33.2 Å². The van der Waals surface area contributed by atoms with Gasteiger partial charge < -0.3 is 45.2 Å². The summed E-state index contributed by atoms with van der Waals surface area (Å²) in [6.07, 6.45) is 0. The molecule has 0 radical (unpaired) electrons. The zero-order valence-corrected chi connectivity index (χ0v) is 14.1. The van der Waals surface area contributed by atoms with Crippen molar-refractivity contribution >= 4 is 25.9 Å². The van der Waals surface area contributed by atoms with Gasteiger partial charge in [0, 0.05) is 0 Å². The van der Waals surface area contributed by atoms with E-state index in [1.807, 2.05) is 50.5 Å². The highest BCUT2D eigenvalue weighted by atomic mass is 19.5. The normalized spacial score (nSPS) is 10.2. The molecule has 0 saturated carbocycles. The maximum atomic E-state index is 9.75. The summed E-state index contributed by atoms with van der Waals surface area (Å²) >= 11 is 0. The Morgan fingerprint density at radius 3 is 0.808 bits per heavy atom. The van der Waals surface area contributed by atoms with Crippen molar-refractivity contribution in [2.75, 3.05) is 14.1 Å². The van der Waals surface area contributed by atoms with Crippen molar-refractivity contribution in [1.82, 2.24) is 0 Å². The Morgan fingerprint density at radius 2 is 0.692 bits per heavy atom. The van der Waals surface area contributed by atoms with E-state index in [0.29, 0.717) is 0 Å². The molecule has 0 saturated heterocycles. The molecule has 2 nitrogen and oxygen atoms in total. The smallest absolute Gasteiger partial charge is 0.418 e. The third-order valence-electron chi connectivity index (χ3n) is 2.27. The fraction of sp³-hybridized carbons (Fsp3) is 0.143. The van der Waals surface area contributed by atoms with Crippen LogP contribution in [0.5, 0.6) is 0 Å². The molecule has 0 aliphatic heterocycles. The van der Waals surface area contributed by atoms with Crippen molar-refractivity contribution in [1.29, 1.82) is 0 Å². The molecule has 0 heterocycles. The summed E-state index contributed by atoms with van der Waals surface area (Å²) in [5.74, 6) is 0. The van der Waals surface area contributed by atoms with Gasteiger partial charge >= 0.3 is 14.5 Å². The number of benzene rings is 2. The summed E-state index contributed by atoms with van der Waals surface area (Å²) < 4.78 is 78.0. The first kappa shape index (κ1) is 26.2. The molecule has 0 atom stereocenters. The molecular weight excluding hydrogens is 370 g/mol. The maximum Gasteiger partial charge on any atom is 0.673 e. The summed E-state index contributed by atoms with van der Waals surface area (Å²) in [5.41, 5.74) is 2.57. The molecular formula is C14H20B2F8N2. The second-order valence-electron chi connectivity index (χ2n) is 4.39. The lowest BCUT2D eigenvalue weighted by Crippen LogP contribution is -2.72. The SMILES string of the molecule is C[NH2+]c1ccccc1.C[NH2+]c1ccccc1.F[B-](F)(F)F.F[B-](F)(F)F. The highest BCUT2D eigenvalue weighted by Crippen LogP contribution is 2.07. The second-order valence-corrected chi connectivity index (χ2v) is 4.39. The minimum Gasteiger partial charge on any atom is -0.418 e. The molecule has 0 aliphatic carbocycles. The number of nitrogens with two attached hydrogens (primary N) is 2. The van der Waals surface area contributed by atoms with Crippen LogP contribution in [0.25, 0.3) is 0 Å². The van der Waals surface area contributed by atoms with Crippen LogP contribution in [0, 0.1) is 0 Å². The van der Waals surface area contributed by atoms with E-state index in [4.69, 9.17) is 0 Å². The van der Waals surface area contributed by atoms with Crippen LogP contribution in [0.15, 0.2) is 60.7 Å². The number of para-hydroxylation sites is 2. The summed E-state index contributed by atoms with van der Waals surface area (Å²) in [5, 5.41) is 4.17. The highest BCUT2D eigenvalue weighted by Gasteiger charge is 2.21. The first-order valence-corrected chi connectivity index (χ1v) is 7.30. The van der Waals surface area contributed by atoms with Crippen LogP contribution < -0.4 is 10.6 Å².